The Bertz CT molecular complexity index is 658. The lowest BCUT2D eigenvalue weighted by Crippen LogP contribution is -2.36. The summed E-state index contributed by atoms with van der Waals surface area (Å²) in [6.07, 6.45) is 0. The Morgan fingerprint density at radius 2 is 2.10 bits per heavy atom. The summed E-state index contributed by atoms with van der Waals surface area (Å²) >= 11 is 0. The van der Waals surface area contributed by atoms with Crippen molar-refractivity contribution in [2.45, 2.75) is 32.9 Å². The molecule has 0 aliphatic carbocycles. The van der Waals surface area contributed by atoms with E-state index in [0.29, 0.717) is 5.92 Å². The van der Waals surface area contributed by atoms with E-state index >= 15 is 0 Å². The molecule has 0 amide bonds. The first-order chi connectivity index (χ1) is 9.54. The van der Waals surface area contributed by atoms with Gasteiger partial charge in [0.05, 0.1) is 6.54 Å². The maximum atomic E-state index is 10.8. The van der Waals surface area contributed by atoms with Crippen molar-refractivity contribution < 1.29 is 9.90 Å². The molecule has 1 aromatic heterocycles. The summed E-state index contributed by atoms with van der Waals surface area (Å²) in [7, 11) is 0. The summed E-state index contributed by atoms with van der Waals surface area (Å²) in [5.74, 6) is -0.225. The van der Waals surface area contributed by atoms with Crippen LogP contribution in [0.2, 0.25) is 0 Å². The maximum absolute atomic E-state index is 10.8. The highest BCUT2D eigenvalue weighted by atomic mass is 16.4. The van der Waals surface area contributed by atoms with Crippen LogP contribution in [0.25, 0.3) is 10.9 Å². The highest BCUT2D eigenvalue weighted by Gasteiger charge is 2.20. The lowest BCUT2D eigenvalue weighted by Gasteiger charge is -2.27. The number of rotatable bonds is 3. The van der Waals surface area contributed by atoms with E-state index in [-0.39, 0.29) is 6.54 Å². The van der Waals surface area contributed by atoms with Gasteiger partial charge in [0.2, 0.25) is 0 Å². The summed E-state index contributed by atoms with van der Waals surface area (Å²) in [4.78, 5) is 12.8. The Hall–Kier alpha value is -1.81. The van der Waals surface area contributed by atoms with Gasteiger partial charge in [0.1, 0.15) is 0 Å². The minimum absolute atomic E-state index is 0.124. The molecule has 2 aromatic rings. The SMILES string of the molecule is CC(C)c1ccc2c(c1)cc1n2CCN(CC(=O)O)C1. The highest BCUT2D eigenvalue weighted by molar-refractivity contribution is 5.82. The molecule has 1 aliphatic rings. The van der Waals surface area contributed by atoms with Crippen molar-refractivity contribution in [3.8, 4) is 0 Å². The van der Waals surface area contributed by atoms with E-state index < -0.39 is 5.97 Å². The molecule has 1 aromatic carbocycles. The van der Waals surface area contributed by atoms with Crippen LogP contribution in [0.1, 0.15) is 31.0 Å². The van der Waals surface area contributed by atoms with Crippen molar-refractivity contribution in [1.29, 1.82) is 0 Å². The average molecular weight is 272 g/mol. The van der Waals surface area contributed by atoms with Crippen LogP contribution in [-0.4, -0.2) is 33.6 Å². The van der Waals surface area contributed by atoms with Gasteiger partial charge in [-0.05, 0) is 29.7 Å². The fraction of sp³-hybridized carbons (Fsp3) is 0.438. The number of aromatic nitrogens is 1. The highest BCUT2D eigenvalue weighted by Crippen LogP contribution is 2.27. The van der Waals surface area contributed by atoms with E-state index in [1.165, 1.54) is 22.2 Å². The molecule has 0 fully saturated rings. The van der Waals surface area contributed by atoms with Gasteiger partial charge in [0, 0.05) is 36.2 Å². The Morgan fingerprint density at radius 1 is 1.30 bits per heavy atom. The second-order valence-corrected chi connectivity index (χ2v) is 5.86. The molecule has 0 radical (unpaired) electrons. The number of benzene rings is 1. The first-order valence-corrected chi connectivity index (χ1v) is 7.11. The van der Waals surface area contributed by atoms with Crippen molar-refractivity contribution in [2.24, 2.45) is 0 Å². The molecule has 4 heteroatoms. The van der Waals surface area contributed by atoms with Gasteiger partial charge in [-0.15, -0.1) is 0 Å². The molecule has 1 aliphatic heterocycles. The van der Waals surface area contributed by atoms with E-state index in [1.54, 1.807) is 0 Å². The van der Waals surface area contributed by atoms with Crippen molar-refractivity contribution >= 4 is 16.9 Å². The van der Waals surface area contributed by atoms with Crippen molar-refractivity contribution in [2.75, 3.05) is 13.1 Å². The fourth-order valence-electron chi connectivity index (χ4n) is 2.98. The summed E-state index contributed by atoms with van der Waals surface area (Å²) in [6.45, 7) is 6.91. The Labute approximate surface area is 118 Å². The molecule has 0 saturated heterocycles. The third kappa shape index (κ3) is 2.31. The van der Waals surface area contributed by atoms with Crippen LogP contribution in [0, 0.1) is 0 Å². The molecular formula is C16H20N2O2. The van der Waals surface area contributed by atoms with E-state index in [0.717, 1.165) is 19.6 Å². The molecule has 2 heterocycles. The minimum Gasteiger partial charge on any atom is -0.480 e. The van der Waals surface area contributed by atoms with Crippen molar-refractivity contribution in [3.63, 3.8) is 0 Å². The molecule has 20 heavy (non-hydrogen) atoms. The normalized spacial score (nSPS) is 15.8. The van der Waals surface area contributed by atoms with Crippen molar-refractivity contribution in [1.82, 2.24) is 9.47 Å². The summed E-state index contributed by atoms with van der Waals surface area (Å²) in [5, 5.41) is 10.2. The third-order valence-corrected chi connectivity index (χ3v) is 4.06. The number of nitrogens with zero attached hydrogens (tertiary/aromatic N) is 2. The standard InChI is InChI=1S/C16H20N2O2/c1-11(2)12-3-4-15-13(7-12)8-14-9-17(10-16(19)20)5-6-18(14)15/h3-4,7-8,11H,5-6,9-10H2,1-2H3,(H,19,20). The Kier molecular flexibility index (Phi) is 3.26. The lowest BCUT2D eigenvalue weighted by molar-refractivity contribution is -0.138. The van der Waals surface area contributed by atoms with E-state index in [1.807, 2.05) is 4.90 Å². The van der Waals surface area contributed by atoms with Crippen molar-refractivity contribution in [3.05, 3.63) is 35.5 Å². The van der Waals surface area contributed by atoms with E-state index in [2.05, 4.69) is 42.7 Å². The molecule has 0 unspecified atom stereocenters. The number of hydrogen-bond donors (Lipinski definition) is 1. The smallest absolute Gasteiger partial charge is 0.317 e. The quantitative estimate of drug-likeness (QED) is 0.934. The summed E-state index contributed by atoms with van der Waals surface area (Å²) in [6, 6.07) is 8.85. The number of carboxylic acids is 1. The van der Waals surface area contributed by atoms with Crippen LogP contribution in [0.4, 0.5) is 0 Å². The molecule has 3 rings (SSSR count). The molecule has 0 saturated carbocycles. The van der Waals surface area contributed by atoms with Crippen LogP contribution >= 0.6 is 0 Å². The van der Waals surface area contributed by atoms with Crippen LogP contribution in [0.5, 0.6) is 0 Å². The molecule has 4 nitrogen and oxygen atoms in total. The zero-order valence-corrected chi connectivity index (χ0v) is 12.0. The van der Waals surface area contributed by atoms with Gasteiger partial charge in [-0.2, -0.15) is 0 Å². The van der Waals surface area contributed by atoms with Gasteiger partial charge < -0.3 is 9.67 Å². The second-order valence-electron chi connectivity index (χ2n) is 5.86. The zero-order valence-electron chi connectivity index (χ0n) is 12.0. The second kappa shape index (κ2) is 4.94. The molecule has 1 N–H and O–H groups in total. The van der Waals surface area contributed by atoms with Gasteiger partial charge >= 0.3 is 5.97 Å². The largest absolute Gasteiger partial charge is 0.480 e. The monoisotopic (exact) mass is 272 g/mol. The molecular weight excluding hydrogens is 252 g/mol. The number of fused-ring (bicyclic) bond motifs is 3. The molecule has 0 bridgehead atoms. The first kappa shape index (κ1) is 13.2. The number of carbonyl (C=O) groups is 1. The predicted octanol–water partition coefficient (Wildman–Crippen LogP) is 2.66. The number of carboxylic acid groups (broad SMARTS) is 1. The Morgan fingerprint density at radius 3 is 2.80 bits per heavy atom. The van der Waals surface area contributed by atoms with Gasteiger partial charge in [-0.3, -0.25) is 9.69 Å². The third-order valence-electron chi connectivity index (χ3n) is 4.06. The predicted molar refractivity (Wildman–Crippen MR) is 78.9 cm³/mol. The first-order valence-electron chi connectivity index (χ1n) is 7.11. The van der Waals surface area contributed by atoms with Crippen LogP contribution < -0.4 is 0 Å². The van der Waals surface area contributed by atoms with Gasteiger partial charge in [0.15, 0.2) is 0 Å². The van der Waals surface area contributed by atoms with E-state index in [4.69, 9.17) is 5.11 Å². The number of aliphatic carboxylic acids is 1. The van der Waals surface area contributed by atoms with Crippen LogP contribution in [0.3, 0.4) is 0 Å². The summed E-state index contributed by atoms with van der Waals surface area (Å²) < 4.78 is 2.32. The molecule has 0 atom stereocenters. The number of hydrogen-bond acceptors (Lipinski definition) is 2. The molecule has 0 spiro atoms. The maximum Gasteiger partial charge on any atom is 0.317 e. The van der Waals surface area contributed by atoms with Gasteiger partial charge in [0.25, 0.3) is 0 Å². The van der Waals surface area contributed by atoms with Gasteiger partial charge in [-0.1, -0.05) is 19.9 Å². The lowest BCUT2D eigenvalue weighted by atomic mass is 10.0. The summed E-state index contributed by atoms with van der Waals surface area (Å²) in [5.41, 5.74) is 3.83. The topological polar surface area (TPSA) is 45.5 Å². The minimum atomic E-state index is -0.753. The average Bonchev–Trinajstić information content (AvgIpc) is 2.74. The molecule has 106 valence electrons. The Balaban J connectivity index is 1.95. The fourth-order valence-corrected chi connectivity index (χ4v) is 2.98. The van der Waals surface area contributed by atoms with E-state index in [9.17, 15) is 4.79 Å². The zero-order chi connectivity index (χ0) is 14.3. The van der Waals surface area contributed by atoms with Gasteiger partial charge in [-0.25, -0.2) is 0 Å². The van der Waals surface area contributed by atoms with Crippen LogP contribution in [0.15, 0.2) is 24.3 Å². The van der Waals surface area contributed by atoms with Crippen LogP contribution in [-0.2, 0) is 17.9 Å².